The molecule has 0 atom stereocenters. The van der Waals surface area contributed by atoms with Gasteiger partial charge >= 0.3 is 0 Å². The molecule has 3 aromatic rings. The summed E-state index contributed by atoms with van der Waals surface area (Å²) in [6.07, 6.45) is 0. The number of halogens is 1. The highest BCUT2D eigenvalue weighted by Crippen LogP contribution is 2.33. The average molecular weight is 329 g/mol. The number of anilines is 2. The van der Waals surface area contributed by atoms with Crippen LogP contribution >= 0.6 is 11.6 Å². The molecule has 116 valence electrons. The number of nitro groups is 1. The average Bonchev–Trinajstić information content (AvgIpc) is 2.49. The van der Waals surface area contributed by atoms with Gasteiger partial charge in [-0.1, -0.05) is 29.8 Å². The Morgan fingerprint density at radius 3 is 2.43 bits per heavy atom. The van der Waals surface area contributed by atoms with Crippen molar-refractivity contribution in [1.29, 1.82) is 0 Å². The van der Waals surface area contributed by atoms with Crippen LogP contribution in [0.5, 0.6) is 0 Å². The molecule has 0 aliphatic carbocycles. The summed E-state index contributed by atoms with van der Waals surface area (Å²) in [5, 5.41) is 14.4. The van der Waals surface area contributed by atoms with Gasteiger partial charge in [-0.25, -0.2) is 9.97 Å². The standard InChI is InChI=1S/C16H13ClN4O2/c1-9-7-10(2)14(13(8-9)21(22)23)20-16-15(17)18-11-5-3-4-6-12(11)19-16/h3-8H,1-2H3,(H,19,20). The Hall–Kier alpha value is -2.73. The first-order valence-corrected chi connectivity index (χ1v) is 7.28. The lowest BCUT2D eigenvalue weighted by Crippen LogP contribution is -2.03. The topological polar surface area (TPSA) is 81.0 Å². The summed E-state index contributed by atoms with van der Waals surface area (Å²) in [4.78, 5) is 19.6. The van der Waals surface area contributed by atoms with Gasteiger partial charge in [-0.05, 0) is 37.1 Å². The lowest BCUT2D eigenvalue weighted by molar-refractivity contribution is -0.384. The second kappa shape index (κ2) is 5.81. The molecule has 0 bridgehead atoms. The summed E-state index contributed by atoms with van der Waals surface area (Å²) in [5.41, 5.74) is 3.23. The predicted molar refractivity (Wildman–Crippen MR) is 90.4 cm³/mol. The molecular weight excluding hydrogens is 316 g/mol. The fourth-order valence-electron chi connectivity index (χ4n) is 2.43. The van der Waals surface area contributed by atoms with Crippen molar-refractivity contribution in [3.63, 3.8) is 0 Å². The van der Waals surface area contributed by atoms with Gasteiger partial charge in [-0.3, -0.25) is 10.1 Å². The zero-order valence-corrected chi connectivity index (χ0v) is 13.3. The molecule has 23 heavy (non-hydrogen) atoms. The molecule has 1 N–H and O–H groups in total. The lowest BCUT2D eigenvalue weighted by atomic mass is 10.1. The molecular formula is C16H13ClN4O2. The number of fused-ring (bicyclic) bond motifs is 1. The zero-order chi connectivity index (χ0) is 16.6. The summed E-state index contributed by atoms with van der Waals surface area (Å²) < 4.78 is 0. The van der Waals surface area contributed by atoms with E-state index in [1.807, 2.05) is 25.1 Å². The molecule has 6 nitrogen and oxygen atoms in total. The Bertz CT molecular complexity index is 927. The first kappa shape index (κ1) is 15.2. The molecule has 0 aliphatic rings. The first-order valence-electron chi connectivity index (χ1n) is 6.90. The van der Waals surface area contributed by atoms with E-state index in [9.17, 15) is 10.1 Å². The largest absolute Gasteiger partial charge is 0.332 e. The van der Waals surface area contributed by atoms with Crippen LogP contribution in [0.3, 0.4) is 0 Å². The molecule has 0 saturated heterocycles. The Morgan fingerprint density at radius 2 is 1.78 bits per heavy atom. The Balaban J connectivity index is 2.12. The molecule has 1 aromatic heterocycles. The number of para-hydroxylation sites is 2. The van der Waals surface area contributed by atoms with Crippen molar-refractivity contribution in [1.82, 2.24) is 9.97 Å². The van der Waals surface area contributed by atoms with Crippen LogP contribution in [0.4, 0.5) is 17.2 Å². The monoisotopic (exact) mass is 328 g/mol. The summed E-state index contributed by atoms with van der Waals surface area (Å²) in [6.45, 7) is 3.61. The number of nitro benzene ring substituents is 1. The van der Waals surface area contributed by atoms with Crippen LogP contribution in [0, 0.1) is 24.0 Å². The predicted octanol–water partition coefficient (Wildman–Crippen LogP) is 4.55. The van der Waals surface area contributed by atoms with E-state index in [0.717, 1.165) is 11.1 Å². The van der Waals surface area contributed by atoms with Gasteiger partial charge in [-0.2, -0.15) is 0 Å². The molecule has 0 aliphatic heterocycles. The number of nitrogens with one attached hydrogen (secondary N) is 1. The molecule has 0 amide bonds. The maximum absolute atomic E-state index is 11.3. The van der Waals surface area contributed by atoms with Gasteiger partial charge < -0.3 is 5.32 Å². The number of aryl methyl sites for hydroxylation is 2. The number of hydrogen-bond donors (Lipinski definition) is 1. The Kier molecular flexibility index (Phi) is 3.83. The molecule has 0 unspecified atom stereocenters. The number of aromatic nitrogens is 2. The van der Waals surface area contributed by atoms with E-state index in [4.69, 9.17) is 11.6 Å². The van der Waals surface area contributed by atoms with Crippen LogP contribution in [0.2, 0.25) is 5.15 Å². The van der Waals surface area contributed by atoms with E-state index >= 15 is 0 Å². The van der Waals surface area contributed by atoms with E-state index in [-0.39, 0.29) is 10.8 Å². The van der Waals surface area contributed by atoms with Gasteiger partial charge in [0.2, 0.25) is 0 Å². The number of rotatable bonds is 3. The van der Waals surface area contributed by atoms with Crippen molar-refractivity contribution in [3.05, 3.63) is 62.8 Å². The van der Waals surface area contributed by atoms with Crippen molar-refractivity contribution in [2.45, 2.75) is 13.8 Å². The summed E-state index contributed by atoms with van der Waals surface area (Å²) in [5.74, 6) is 0.292. The molecule has 1 heterocycles. The van der Waals surface area contributed by atoms with Crippen LogP contribution in [-0.2, 0) is 0 Å². The SMILES string of the molecule is Cc1cc(C)c(Nc2nc3ccccc3nc2Cl)c([N+](=O)[O-])c1. The highest BCUT2D eigenvalue weighted by Gasteiger charge is 2.19. The summed E-state index contributed by atoms with van der Waals surface area (Å²) >= 11 is 6.16. The van der Waals surface area contributed by atoms with Crippen LogP contribution in [-0.4, -0.2) is 14.9 Å². The molecule has 7 heteroatoms. The highest BCUT2D eigenvalue weighted by atomic mass is 35.5. The fraction of sp³-hybridized carbons (Fsp3) is 0.125. The third kappa shape index (κ3) is 2.93. The molecule has 0 radical (unpaired) electrons. The summed E-state index contributed by atoms with van der Waals surface area (Å²) in [7, 11) is 0. The second-order valence-electron chi connectivity index (χ2n) is 5.21. The van der Waals surface area contributed by atoms with Crippen molar-refractivity contribution in [3.8, 4) is 0 Å². The van der Waals surface area contributed by atoms with Crippen molar-refractivity contribution in [2.75, 3.05) is 5.32 Å². The van der Waals surface area contributed by atoms with E-state index < -0.39 is 4.92 Å². The van der Waals surface area contributed by atoms with Gasteiger partial charge in [-0.15, -0.1) is 0 Å². The number of benzene rings is 2. The smallest absolute Gasteiger partial charge is 0.293 e. The quantitative estimate of drug-likeness (QED) is 0.563. The number of nitrogens with zero attached hydrogens (tertiary/aromatic N) is 3. The van der Waals surface area contributed by atoms with Crippen LogP contribution in [0.15, 0.2) is 36.4 Å². The van der Waals surface area contributed by atoms with Crippen LogP contribution in [0.1, 0.15) is 11.1 Å². The van der Waals surface area contributed by atoms with E-state index in [1.54, 1.807) is 19.1 Å². The Morgan fingerprint density at radius 1 is 1.13 bits per heavy atom. The van der Waals surface area contributed by atoms with Gasteiger partial charge in [0.15, 0.2) is 11.0 Å². The van der Waals surface area contributed by atoms with Gasteiger partial charge in [0.1, 0.15) is 5.69 Å². The maximum Gasteiger partial charge on any atom is 0.293 e. The zero-order valence-electron chi connectivity index (χ0n) is 12.5. The first-order chi connectivity index (χ1) is 11.0. The highest BCUT2D eigenvalue weighted by molar-refractivity contribution is 6.32. The molecule has 2 aromatic carbocycles. The minimum absolute atomic E-state index is 0.0199. The minimum Gasteiger partial charge on any atom is -0.332 e. The molecule has 0 spiro atoms. The van der Waals surface area contributed by atoms with Crippen molar-refractivity contribution >= 4 is 39.8 Å². The van der Waals surface area contributed by atoms with Crippen molar-refractivity contribution < 1.29 is 4.92 Å². The lowest BCUT2D eigenvalue weighted by Gasteiger charge is -2.12. The molecule has 3 rings (SSSR count). The van der Waals surface area contributed by atoms with Crippen LogP contribution in [0.25, 0.3) is 11.0 Å². The van der Waals surface area contributed by atoms with Gasteiger partial charge in [0.05, 0.1) is 16.0 Å². The fourth-order valence-corrected chi connectivity index (χ4v) is 2.61. The molecule has 0 saturated carbocycles. The van der Waals surface area contributed by atoms with E-state index in [0.29, 0.717) is 22.5 Å². The van der Waals surface area contributed by atoms with Gasteiger partial charge in [0.25, 0.3) is 5.69 Å². The van der Waals surface area contributed by atoms with Crippen molar-refractivity contribution in [2.24, 2.45) is 0 Å². The third-order valence-electron chi connectivity index (χ3n) is 3.43. The maximum atomic E-state index is 11.3. The number of hydrogen-bond acceptors (Lipinski definition) is 5. The third-order valence-corrected chi connectivity index (χ3v) is 3.69. The normalized spacial score (nSPS) is 10.7. The van der Waals surface area contributed by atoms with E-state index in [2.05, 4.69) is 15.3 Å². The van der Waals surface area contributed by atoms with E-state index in [1.165, 1.54) is 6.07 Å². The minimum atomic E-state index is -0.426. The van der Waals surface area contributed by atoms with Gasteiger partial charge in [0, 0.05) is 6.07 Å². The summed E-state index contributed by atoms with van der Waals surface area (Å²) in [6, 6.07) is 10.7. The second-order valence-corrected chi connectivity index (χ2v) is 5.57. The van der Waals surface area contributed by atoms with Crippen LogP contribution < -0.4 is 5.32 Å². The molecule has 0 fully saturated rings. The Labute approximate surface area is 137 Å².